The summed E-state index contributed by atoms with van der Waals surface area (Å²) in [5.41, 5.74) is 8.77. The molecule has 1 atom stereocenters. The lowest BCUT2D eigenvalue weighted by Crippen LogP contribution is -2.32. The van der Waals surface area contributed by atoms with E-state index < -0.39 is 11.9 Å². The second-order valence-corrected chi connectivity index (χ2v) is 7.85. The van der Waals surface area contributed by atoms with Crippen molar-refractivity contribution in [2.75, 3.05) is 5.73 Å². The lowest BCUT2D eigenvalue weighted by atomic mass is 10.0. The fraction of sp³-hybridized carbons (Fsp3) is 0.125. The van der Waals surface area contributed by atoms with E-state index >= 15 is 0 Å². The Kier molecular flexibility index (Phi) is 4.86. The van der Waals surface area contributed by atoms with Crippen LogP contribution in [-0.2, 0) is 0 Å². The summed E-state index contributed by atoms with van der Waals surface area (Å²) in [6, 6.07) is 16.5. The van der Waals surface area contributed by atoms with Crippen molar-refractivity contribution in [3.63, 3.8) is 0 Å². The van der Waals surface area contributed by atoms with Crippen molar-refractivity contribution in [1.82, 2.24) is 29.7 Å². The molecule has 0 aliphatic rings. The summed E-state index contributed by atoms with van der Waals surface area (Å²) in [6.45, 7) is 3.75. The lowest BCUT2D eigenvalue weighted by molar-refractivity contribution is 0.0941. The summed E-state index contributed by atoms with van der Waals surface area (Å²) in [5, 5.41) is 16.1. The predicted octanol–water partition coefficient (Wildman–Crippen LogP) is 2.81. The third-order valence-corrected chi connectivity index (χ3v) is 5.70. The van der Waals surface area contributed by atoms with Gasteiger partial charge in [0.15, 0.2) is 5.82 Å². The van der Waals surface area contributed by atoms with Crippen molar-refractivity contribution in [2.24, 2.45) is 0 Å². The monoisotopic (exact) mass is 439 g/mol. The van der Waals surface area contributed by atoms with E-state index in [2.05, 4.69) is 20.6 Å². The van der Waals surface area contributed by atoms with Crippen LogP contribution in [0.4, 0.5) is 5.82 Å². The molecule has 164 valence electrons. The van der Waals surface area contributed by atoms with Crippen molar-refractivity contribution in [2.45, 2.75) is 19.9 Å². The van der Waals surface area contributed by atoms with E-state index in [1.54, 1.807) is 4.57 Å². The number of pyridine rings is 1. The fourth-order valence-electron chi connectivity index (χ4n) is 4.14. The van der Waals surface area contributed by atoms with Crippen LogP contribution >= 0.6 is 0 Å². The van der Waals surface area contributed by atoms with Crippen LogP contribution in [0.3, 0.4) is 0 Å². The molecule has 0 aliphatic heterocycles. The molecule has 0 aliphatic carbocycles. The number of aryl methyl sites for hydroxylation is 1. The molecular formula is C24H21N7O2. The maximum Gasteiger partial charge on any atom is 0.263 e. The molecule has 3 N–H and O–H groups in total. The first-order valence-electron chi connectivity index (χ1n) is 10.4. The first-order valence-corrected chi connectivity index (χ1v) is 10.4. The summed E-state index contributed by atoms with van der Waals surface area (Å²) < 4.78 is 3.05. The molecule has 1 amide bonds. The molecule has 33 heavy (non-hydrogen) atoms. The molecule has 0 fully saturated rings. The van der Waals surface area contributed by atoms with E-state index in [0.717, 1.165) is 16.6 Å². The molecule has 9 nitrogen and oxygen atoms in total. The van der Waals surface area contributed by atoms with Gasteiger partial charge in [0.1, 0.15) is 17.4 Å². The van der Waals surface area contributed by atoms with Crippen LogP contribution in [-0.4, -0.2) is 30.3 Å². The Bertz CT molecular complexity index is 1570. The topological polar surface area (TPSA) is 120 Å². The minimum Gasteiger partial charge on any atom is -0.382 e. The summed E-state index contributed by atoms with van der Waals surface area (Å²) in [6.07, 6.45) is 2.81. The van der Waals surface area contributed by atoms with Gasteiger partial charge < -0.3 is 11.1 Å². The number of benzene rings is 2. The van der Waals surface area contributed by atoms with Crippen LogP contribution in [0.25, 0.3) is 22.0 Å². The number of hydrogen-bond acceptors (Lipinski definition) is 6. The minimum atomic E-state index is -0.514. The van der Waals surface area contributed by atoms with Crippen molar-refractivity contribution in [1.29, 1.82) is 0 Å². The number of carbonyl (C=O) groups excluding carboxylic acids is 1. The summed E-state index contributed by atoms with van der Waals surface area (Å²) in [4.78, 5) is 26.8. The third kappa shape index (κ3) is 3.39. The molecule has 9 heteroatoms. The Morgan fingerprint density at radius 3 is 2.67 bits per heavy atom. The smallest absolute Gasteiger partial charge is 0.263 e. The van der Waals surface area contributed by atoms with Gasteiger partial charge in [-0.15, -0.1) is 10.2 Å². The van der Waals surface area contributed by atoms with Crippen molar-refractivity contribution in [3.8, 4) is 5.69 Å². The van der Waals surface area contributed by atoms with E-state index in [1.165, 1.54) is 17.0 Å². The van der Waals surface area contributed by atoms with Gasteiger partial charge in [-0.25, -0.2) is 4.52 Å². The molecule has 0 spiro atoms. The molecule has 5 rings (SSSR count). The van der Waals surface area contributed by atoms with E-state index in [-0.39, 0.29) is 16.9 Å². The number of hydrogen-bond donors (Lipinski definition) is 2. The normalized spacial score (nSPS) is 12.2. The highest BCUT2D eigenvalue weighted by Crippen LogP contribution is 2.24. The lowest BCUT2D eigenvalue weighted by Gasteiger charge is -2.21. The van der Waals surface area contributed by atoms with Gasteiger partial charge in [0.25, 0.3) is 11.5 Å². The average Bonchev–Trinajstić information content (AvgIpc) is 3.15. The van der Waals surface area contributed by atoms with E-state index in [4.69, 9.17) is 5.73 Å². The number of nitrogens with one attached hydrogen (secondary N) is 1. The zero-order valence-electron chi connectivity index (χ0n) is 18.1. The quantitative estimate of drug-likeness (QED) is 0.444. The molecule has 0 bridgehead atoms. The summed E-state index contributed by atoms with van der Waals surface area (Å²) in [5.74, 6) is -0.344. The maximum absolute atomic E-state index is 13.6. The largest absolute Gasteiger partial charge is 0.382 e. The zero-order chi connectivity index (χ0) is 23.1. The van der Waals surface area contributed by atoms with Crippen LogP contribution in [0, 0.1) is 6.92 Å². The van der Waals surface area contributed by atoms with E-state index in [1.807, 2.05) is 68.4 Å². The Morgan fingerprint density at radius 2 is 1.88 bits per heavy atom. The first kappa shape index (κ1) is 20.4. The predicted molar refractivity (Wildman–Crippen MR) is 125 cm³/mol. The zero-order valence-corrected chi connectivity index (χ0v) is 18.1. The first-order chi connectivity index (χ1) is 16.0. The van der Waals surface area contributed by atoms with Crippen LogP contribution < -0.4 is 16.6 Å². The number of anilines is 1. The van der Waals surface area contributed by atoms with E-state index in [9.17, 15) is 9.59 Å². The Balaban J connectivity index is 1.64. The fourth-order valence-corrected chi connectivity index (χ4v) is 4.14. The number of nitrogen functional groups attached to an aromatic ring is 1. The van der Waals surface area contributed by atoms with Crippen molar-refractivity contribution < 1.29 is 4.79 Å². The van der Waals surface area contributed by atoms with Crippen molar-refractivity contribution in [3.05, 3.63) is 94.3 Å². The number of para-hydroxylation sites is 1. The molecule has 0 unspecified atom stereocenters. The van der Waals surface area contributed by atoms with Gasteiger partial charge in [-0.3, -0.25) is 14.2 Å². The van der Waals surface area contributed by atoms with Gasteiger partial charge in [-0.2, -0.15) is 5.10 Å². The molecule has 3 aromatic heterocycles. The number of nitrogens with zero attached hydrogens (tertiary/aromatic N) is 5. The van der Waals surface area contributed by atoms with Gasteiger partial charge in [0, 0.05) is 11.4 Å². The summed E-state index contributed by atoms with van der Waals surface area (Å²) >= 11 is 0. The van der Waals surface area contributed by atoms with Gasteiger partial charge in [-0.1, -0.05) is 36.4 Å². The number of aromatic nitrogens is 5. The van der Waals surface area contributed by atoms with Crippen LogP contribution in [0.5, 0.6) is 0 Å². The van der Waals surface area contributed by atoms with Crippen LogP contribution in [0.1, 0.15) is 34.6 Å². The Morgan fingerprint density at radius 1 is 1.09 bits per heavy atom. The van der Waals surface area contributed by atoms with E-state index in [0.29, 0.717) is 16.6 Å². The third-order valence-electron chi connectivity index (χ3n) is 5.70. The second-order valence-electron chi connectivity index (χ2n) is 7.85. The van der Waals surface area contributed by atoms with Gasteiger partial charge in [-0.05, 0) is 43.0 Å². The van der Waals surface area contributed by atoms with Crippen LogP contribution in [0.15, 0.2) is 71.9 Å². The maximum atomic E-state index is 13.6. The second kappa shape index (κ2) is 7.86. The van der Waals surface area contributed by atoms with Crippen molar-refractivity contribution >= 4 is 28.0 Å². The molecule has 3 heterocycles. The number of carbonyl (C=O) groups is 1. The minimum absolute atomic E-state index is 0.0732. The SMILES string of the molecule is Cc1cccc2cc([C@H](C)NC(=O)c3c(N)nn4cnncc34)n(-c3ccccc3)c(=O)c12. The average molecular weight is 439 g/mol. The van der Waals surface area contributed by atoms with Gasteiger partial charge in [0.05, 0.1) is 17.6 Å². The molecule has 0 saturated carbocycles. The Hall–Kier alpha value is -4.53. The van der Waals surface area contributed by atoms with Gasteiger partial charge in [0.2, 0.25) is 0 Å². The number of rotatable bonds is 4. The molecular weight excluding hydrogens is 418 g/mol. The number of nitrogens with two attached hydrogens (primary N) is 1. The molecule has 2 aromatic carbocycles. The van der Waals surface area contributed by atoms with Crippen LogP contribution in [0.2, 0.25) is 0 Å². The van der Waals surface area contributed by atoms with Gasteiger partial charge >= 0.3 is 0 Å². The summed E-state index contributed by atoms with van der Waals surface area (Å²) in [7, 11) is 0. The Labute approximate surface area is 188 Å². The molecule has 0 saturated heterocycles. The molecule has 5 aromatic rings. The highest BCUT2D eigenvalue weighted by Gasteiger charge is 2.23. The number of fused-ring (bicyclic) bond motifs is 2. The number of amides is 1. The highest BCUT2D eigenvalue weighted by molar-refractivity contribution is 6.05. The standard InChI is InChI=1S/C24H21N7O2/c1-14-7-6-8-16-11-18(31(24(33)20(14)16)17-9-4-3-5-10-17)15(2)28-23(32)21-19-12-26-27-13-30(19)29-22(21)25/h3-13,15H,1-2H3,(H2,25,29)(H,28,32)/t15-/m0/s1. The highest BCUT2D eigenvalue weighted by atomic mass is 16.2. The molecule has 0 radical (unpaired) electrons.